The molecule has 0 atom stereocenters. The smallest absolute Gasteiger partial charge is 0.303 e. The zero-order chi connectivity index (χ0) is 12.2. The maximum atomic E-state index is 11.3. The highest BCUT2D eigenvalue weighted by atomic mass is 16.4. The molecule has 0 aromatic heterocycles. The number of carboxylic acids is 1. The summed E-state index contributed by atoms with van der Waals surface area (Å²) in [6.07, 6.45) is 6.88. The van der Waals surface area contributed by atoms with Gasteiger partial charge in [-0.2, -0.15) is 0 Å². The molecular formula is C12H23NO3. The van der Waals surface area contributed by atoms with Crippen molar-refractivity contribution in [1.29, 1.82) is 0 Å². The van der Waals surface area contributed by atoms with E-state index < -0.39 is 5.97 Å². The van der Waals surface area contributed by atoms with Gasteiger partial charge in [-0.1, -0.05) is 32.6 Å². The fraction of sp³-hybridized carbons (Fsp3) is 0.833. The van der Waals surface area contributed by atoms with Crippen LogP contribution in [-0.4, -0.2) is 23.5 Å². The van der Waals surface area contributed by atoms with Crippen LogP contribution in [0.4, 0.5) is 0 Å². The lowest BCUT2D eigenvalue weighted by Gasteiger charge is -2.03. The number of aliphatic carboxylic acids is 1. The zero-order valence-corrected chi connectivity index (χ0v) is 10.1. The molecule has 16 heavy (non-hydrogen) atoms. The molecule has 0 aliphatic carbocycles. The van der Waals surface area contributed by atoms with E-state index >= 15 is 0 Å². The van der Waals surface area contributed by atoms with Gasteiger partial charge in [0.05, 0.1) is 0 Å². The largest absolute Gasteiger partial charge is 0.481 e. The van der Waals surface area contributed by atoms with Crippen LogP contribution in [0.25, 0.3) is 0 Å². The van der Waals surface area contributed by atoms with Gasteiger partial charge >= 0.3 is 5.97 Å². The van der Waals surface area contributed by atoms with Crippen molar-refractivity contribution in [3.05, 3.63) is 0 Å². The van der Waals surface area contributed by atoms with Crippen LogP contribution in [-0.2, 0) is 9.59 Å². The Balaban J connectivity index is 3.21. The van der Waals surface area contributed by atoms with Crippen LogP contribution in [0, 0.1) is 0 Å². The molecule has 0 saturated heterocycles. The van der Waals surface area contributed by atoms with Crippen molar-refractivity contribution in [2.45, 2.75) is 58.3 Å². The molecule has 0 saturated carbocycles. The number of hydrogen-bond acceptors (Lipinski definition) is 2. The van der Waals surface area contributed by atoms with Crippen LogP contribution in [0.15, 0.2) is 0 Å². The predicted molar refractivity (Wildman–Crippen MR) is 63.3 cm³/mol. The third kappa shape index (κ3) is 11.0. The molecule has 0 fully saturated rings. The van der Waals surface area contributed by atoms with Gasteiger partial charge in [0.25, 0.3) is 0 Å². The molecule has 1 amide bonds. The molecule has 4 heteroatoms. The van der Waals surface area contributed by atoms with Crippen molar-refractivity contribution in [1.82, 2.24) is 5.32 Å². The average molecular weight is 229 g/mol. The summed E-state index contributed by atoms with van der Waals surface area (Å²) in [5, 5.41) is 11.1. The summed E-state index contributed by atoms with van der Waals surface area (Å²) in [5.74, 6) is -0.768. The van der Waals surface area contributed by atoms with Crippen LogP contribution < -0.4 is 5.32 Å². The van der Waals surface area contributed by atoms with Gasteiger partial charge in [0.2, 0.25) is 5.91 Å². The first kappa shape index (κ1) is 14.9. The van der Waals surface area contributed by atoms with Gasteiger partial charge in [0.1, 0.15) is 0 Å². The van der Waals surface area contributed by atoms with Crippen molar-refractivity contribution in [3.63, 3.8) is 0 Å². The first-order chi connectivity index (χ1) is 7.66. The number of amides is 1. The van der Waals surface area contributed by atoms with Crippen molar-refractivity contribution in [2.75, 3.05) is 6.54 Å². The maximum absolute atomic E-state index is 11.3. The van der Waals surface area contributed by atoms with Crippen LogP contribution in [0.2, 0.25) is 0 Å². The molecule has 0 aliphatic rings. The molecule has 0 aromatic carbocycles. The number of rotatable bonds is 10. The first-order valence-corrected chi connectivity index (χ1v) is 6.15. The Morgan fingerprint density at radius 3 is 2.31 bits per heavy atom. The van der Waals surface area contributed by atoms with Gasteiger partial charge in [-0.05, 0) is 12.8 Å². The van der Waals surface area contributed by atoms with E-state index in [2.05, 4.69) is 12.2 Å². The van der Waals surface area contributed by atoms with Crippen molar-refractivity contribution < 1.29 is 14.7 Å². The number of unbranched alkanes of at least 4 members (excludes halogenated alkanes) is 4. The lowest BCUT2D eigenvalue weighted by molar-refractivity contribution is -0.137. The van der Waals surface area contributed by atoms with E-state index in [0.717, 1.165) is 12.8 Å². The minimum Gasteiger partial charge on any atom is -0.481 e. The lowest BCUT2D eigenvalue weighted by atomic mass is 10.1. The number of carbonyl (C=O) groups is 2. The van der Waals surface area contributed by atoms with E-state index in [1.807, 2.05) is 0 Å². The van der Waals surface area contributed by atoms with Crippen LogP contribution in [0.1, 0.15) is 58.3 Å². The maximum Gasteiger partial charge on any atom is 0.303 e. The number of hydrogen-bond donors (Lipinski definition) is 2. The monoisotopic (exact) mass is 229 g/mol. The number of nitrogens with one attached hydrogen (secondary N) is 1. The second kappa shape index (κ2) is 10.5. The van der Waals surface area contributed by atoms with Gasteiger partial charge in [0, 0.05) is 19.4 Å². The van der Waals surface area contributed by atoms with E-state index in [-0.39, 0.29) is 12.3 Å². The third-order valence-electron chi connectivity index (χ3n) is 2.40. The second-order valence-corrected chi connectivity index (χ2v) is 4.01. The Morgan fingerprint density at radius 1 is 1.00 bits per heavy atom. The molecule has 0 unspecified atom stereocenters. The summed E-state index contributed by atoms with van der Waals surface area (Å²) in [7, 11) is 0. The first-order valence-electron chi connectivity index (χ1n) is 6.15. The normalized spacial score (nSPS) is 10.1. The Labute approximate surface area is 97.4 Å². The molecule has 2 N–H and O–H groups in total. The van der Waals surface area contributed by atoms with E-state index in [1.165, 1.54) is 19.3 Å². The highest BCUT2D eigenvalue weighted by Gasteiger charge is 2.01. The Morgan fingerprint density at radius 2 is 1.69 bits per heavy atom. The van der Waals surface area contributed by atoms with Crippen LogP contribution >= 0.6 is 0 Å². The van der Waals surface area contributed by atoms with Crippen molar-refractivity contribution in [3.8, 4) is 0 Å². The highest BCUT2D eigenvalue weighted by Crippen LogP contribution is 2.04. The summed E-state index contributed by atoms with van der Waals surface area (Å²) in [4.78, 5) is 21.5. The molecule has 0 rings (SSSR count). The van der Waals surface area contributed by atoms with E-state index in [9.17, 15) is 9.59 Å². The highest BCUT2D eigenvalue weighted by molar-refractivity contribution is 5.75. The molecule has 0 bridgehead atoms. The quantitative estimate of drug-likeness (QED) is 0.565. The van der Waals surface area contributed by atoms with Gasteiger partial charge in [-0.15, -0.1) is 0 Å². The van der Waals surface area contributed by atoms with Crippen LogP contribution in [0.3, 0.4) is 0 Å². The second-order valence-electron chi connectivity index (χ2n) is 4.01. The minimum atomic E-state index is -0.811. The van der Waals surface area contributed by atoms with Gasteiger partial charge in [0.15, 0.2) is 0 Å². The van der Waals surface area contributed by atoms with Gasteiger partial charge < -0.3 is 10.4 Å². The number of carbonyl (C=O) groups excluding carboxylic acids is 1. The SMILES string of the molecule is CCCCCCCC(=O)NCCCC(=O)O. The fourth-order valence-electron chi connectivity index (χ4n) is 1.44. The minimum absolute atomic E-state index is 0.0434. The Bertz CT molecular complexity index is 204. The molecule has 94 valence electrons. The van der Waals surface area contributed by atoms with Gasteiger partial charge in [-0.3, -0.25) is 9.59 Å². The topological polar surface area (TPSA) is 66.4 Å². The average Bonchev–Trinajstić information content (AvgIpc) is 2.24. The molecular weight excluding hydrogens is 206 g/mol. The summed E-state index contributed by atoms with van der Waals surface area (Å²) in [6, 6.07) is 0. The van der Waals surface area contributed by atoms with Crippen LogP contribution in [0.5, 0.6) is 0 Å². The molecule has 4 nitrogen and oxygen atoms in total. The van der Waals surface area contributed by atoms with E-state index in [1.54, 1.807) is 0 Å². The standard InChI is InChI=1S/C12H23NO3/c1-2-3-4-5-6-8-11(14)13-10-7-9-12(15)16/h2-10H2,1H3,(H,13,14)(H,15,16). The van der Waals surface area contributed by atoms with E-state index in [4.69, 9.17) is 5.11 Å². The molecule has 0 aromatic rings. The molecule has 0 heterocycles. The third-order valence-corrected chi connectivity index (χ3v) is 2.40. The summed E-state index contributed by atoms with van der Waals surface area (Å²) in [6.45, 7) is 2.63. The zero-order valence-electron chi connectivity index (χ0n) is 10.1. The molecule has 0 spiro atoms. The predicted octanol–water partition coefficient (Wildman–Crippen LogP) is 2.33. The summed E-state index contributed by atoms with van der Waals surface area (Å²) >= 11 is 0. The number of carboxylic acid groups (broad SMARTS) is 1. The summed E-state index contributed by atoms with van der Waals surface area (Å²) in [5.41, 5.74) is 0. The fourth-order valence-corrected chi connectivity index (χ4v) is 1.44. The molecule has 0 aliphatic heterocycles. The molecule has 0 radical (unpaired) electrons. The van der Waals surface area contributed by atoms with Gasteiger partial charge in [-0.25, -0.2) is 0 Å². The summed E-state index contributed by atoms with van der Waals surface area (Å²) < 4.78 is 0. The Kier molecular flexibility index (Phi) is 9.76. The Hall–Kier alpha value is -1.06. The van der Waals surface area contributed by atoms with E-state index in [0.29, 0.717) is 19.4 Å². The lowest BCUT2D eigenvalue weighted by Crippen LogP contribution is -2.24. The van der Waals surface area contributed by atoms with Crippen molar-refractivity contribution >= 4 is 11.9 Å². The van der Waals surface area contributed by atoms with Crippen molar-refractivity contribution in [2.24, 2.45) is 0 Å².